The van der Waals surface area contributed by atoms with Crippen LogP contribution in [0.3, 0.4) is 0 Å². The quantitative estimate of drug-likeness (QED) is 0.794. The molecule has 0 heterocycles. The summed E-state index contributed by atoms with van der Waals surface area (Å²) in [6.07, 6.45) is 1.67. The molecular formula is C13H20N2O. The van der Waals surface area contributed by atoms with E-state index in [0.29, 0.717) is 6.54 Å². The first-order valence-corrected chi connectivity index (χ1v) is 5.73. The van der Waals surface area contributed by atoms with Crippen LogP contribution in [0.5, 0.6) is 0 Å². The van der Waals surface area contributed by atoms with Crippen molar-refractivity contribution >= 4 is 5.91 Å². The van der Waals surface area contributed by atoms with Gasteiger partial charge >= 0.3 is 0 Å². The van der Waals surface area contributed by atoms with E-state index in [1.807, 2.05) is 38.1 Å². The summed E-state index contributed by atoms with van der Waals surface area (Å²) in [6, 6.07) is 7.63. The number of rotatable bonds is 5. The fraction of sp³-hybridized carbons (Fsp3) is 0.462. The number of hydrogen-bond donors (Lipinski definition) is 2. The van der Waals surface area contributed by atoms with E-state index in [4.69, 9.17) is 5.73 Å². The van der Waals surface area contributed by atoms with E-state index in [0.717, 1.165) is 18.4 Å². The van der Waals surface area contributed by atoms with Crippen molar-refractivity contribution < 1.29 is 4.79 Å². The predicted molar refractivity (Wildman–Crippen MR) is 65.9 cm³/mol. The molecule has 0 aliphatic rings. The van der Waals surface area contributed by atoms with E-state index < -0.39 is 0 Å². The smallest absolute Gasteiger partial charge is 0.237 e. The lowest BCUT2D eigenvalue weighted by Gasteiger charge is -2.12. The molecule has 1 aromatic rings. The van der Waals surface area contributed by atoms with Crippen LogP contribution in [0.4, 0.5) is 0 Å². The van der Waals surface area contributed by atoms with Crippen molar-refractivity contribution in [1.29, 1.82) is 0 Å². The van der Waals surface area contributed by atoms with Crippen LogP contribution in [-0.4, -0.2) is 11.9 Å². The molecule has 3 heteroatoms. The summed E-state index contributed by atoms with van der Waals surface area (Å²) in [5.41, 5.74) is 8.04. The Labute approximate surface area is 97.0 Å². The van der Waals surface area contributed by atoms with Crippen molar-refractivity contribution in [2.24, 2.45) is 5.73 Å². The average Bonchev–Trinajstić information content (AvgIpc) is 2.28. The van der Waals surface area contributed by atoms with Crippen LogP contribution in [0.15, 0.2) is 24.3 Å². The zero-order valence-corrected chi connectivity index (χ0v) is 9.99. The van der Waals surface area contributed by atoms with Gasteiger partial charge in [-0.15, -0.1) is 0 Å². The van der Waals surface area contributed by atoms with Gasteiger partial charge in [0.05, 0.1) is 6.04 Å². The average molecular weight is 220 g/mol. The van der Waals surface area contributed by atoms with E-state index in [1.165, 1.54) is 5.56 Å². The minimum Gasteiger partial charge on any atom is -0.351 e. The fourth-order valence-corrected chi connectivity index (χ4v) is 1.56. The Hall–Kier alpha value is -1.35. The van der Waals surface area contributed by atoms with E-state index in [-0.39, 0.29) is 11.9 Å². The SMILES string of the molecule is CCC[C@H](N)C(=O)NCc1ccccc1C. The number of hydrogen-bond acceptors (Lipinski definition) is 2. The lowest BCUT2D eigenvalue weighted by Crippen LogP contribution is -2.40. The van der Waals surface area contributed by atoms with E-state index in [1.54, 1.807) is 0 Å². The highest BCUT2D eigenvalue weighted by atomic mass is 16.2. The highest BCUT2D eigenvalue weighted by Gasteiger charge is 2.11. The van der Waals surface area contributed by atoms with Gasteiger partial charge in [0.25, 0.3) is 0 Å². The zero-order valence-electron chi connectivity index (χ0n) is 9.99. The van der Waals surface area contributed by atoms with Crippen LogP contribution in [-0.2, 0) is 11.3 Å². The number of carbonyl (C=O) groups is 1. The molecule has 0 radical (unpaired) electrons. The lowest BCUT2D eigenvalue weighted by molar-refractivity contribution is -0.122. The maximum Gasteiger partial charge on any atom is 0.237 e. The second-order valence-corrected chi connectivity index (χ2v) is 4.04. The van der Waals surface area contributed by atoms with Gasteiger partial charge in [-0.05, 0) is 24.5 Å². The molecule has 0 aliphatic carbocycles. The van der Waals surface area contributed by atoms with Crippen LogP contribution in [0, 0.1) is 6.92 Å². The third-order valence-corrected chi connectivity index (χ3v) is 2.65. The van der Waals surface area contributed by atoms with Gasteiger partial charge in [-0.2, -0.15) is 0 Å². The Morgan fingerprint density at radius 3 is 2.75 bits per heavy atom. The van der Waals surface area contributed by atoms with Gasteiger partial charge in [0.2, 0.25) is 5.91 Å². The molecule has 0 aromatic heterocycles. The van der Waals surface area contributed by atoms with Crippen molar-refractivity contribution in [2.75, 3.05) is 0 Å². The van der Waals surface area contributed by atoms with Crippen LogP contribution in [0.1, 0.15) is 30.9 Å². The second-order valence-electron chi connectivity index (χ2n) is 4.04. The molecule has 0 spiro atoms. The van der Waals surface area contributed by atoms with E-state index in [9.17, 15) is 4.79 Å². The van der Waals surface area contributed by atoms with Crippen LogP contribution in [0.25, 0.3) is 0 Å². The molecule has 1 aromatic carbocycles. The molecule has 0 aliphatic heterocycles. The molecule has 88 valence electrons. The van der Waals surface area contributed by atoms with E-state index in [2.05, 4.69) is 5.32 Å². The summed E-state index contributed by atoms with van der Waals surface area (Å²) in [7, 11) is 0. The van der Waals surface area contributed by atoms with Crippen LogP contribution in [0.2, 0.25) is 0 Å². The summed E-state index contributed by atoms with van der Waals surface area (Å²) in [4.78, 5) is 11.6. The lowest BCUT2D eigenvalue weighted by atomic mass is 10.1. The molecule has 0 bridgehead atoms. The third kappa shape index (κ3) is 3.66. The Morgan fingerprint density at radius 1 is 1.44 bits per heavy atom. The van der Waals surface area contributed by atoms with Crippen LogP contribution < -0.4 is 11.1 Å². The summed E-state index contributed by atoms with van der Waals surface area (Å²) in [6.45, 7) is 4.62. The molecule has 3 nitrogen and oxygen atoms in total. The molecule has 1 atom stereocenters. The monoisotopic (exact) mass is 220 g/mol. The molecule has 16 heavy (non-hydrogen) atoms. The first kappa shape index (κ1) is 12.7. The van der Waals surface area contributed by atoms with Crippen molar-refractivity contribution in [3.63, 3.8) is 0 Å². The van der Waals surface area contributed by atoms with Gasteiger partial charge < -0.3 is 11.1 Å². The molecule has 3 N–H and O–H groups in total. The third-order valence-electron chi connectivity index (χ3n) is 2.65. The maximum absolute atomic E-state index is 11.6. The van der Waals surface area contributed by atoms with Gasteiger partial charge in [-0.3, -0.25) is 4.79 Å². The predicted octanol–water partition coefficient (Wildman–Crippen LogP) is 1.74. The first-order chi connectivity index (χ1) is 7.65. The second kappa shape index (κ2) is 6.28. The standard InChI is InChI=1S/C13H20N2O/c1-3-6-12(14)13(16)15-9-11-8-5-4-7-10(11)2/h4-5,7-8,12H,3,6,9,14H2,1-2H3,(H,15,16)/t12-/m0/s1. The Balaban J connectivity index is 2.46. The Kier molecular flexibility index (Phi) is 4.99. The van der Waals surface area contributed by atoms with Gasteiger partial charge in [-0.25, -0.2) is 0 Å². The molecule has 0 unspecified atom stereocenters. The van der Waals surface area contributed by atoms with Crippen molar-refractivity contribution in [3.05, 3.63) is 35.4 Å². The summed E-state index contributed by atoms with van der Waals surface area (Å²) >= 11 is 0. The molecule has 0 saturated heterocycles. The Bertz CT molecular complexity index is 350. The minimum absolute atomic E-state index is 0.0647. The number of nitrogens with one attached hydrogen (secondary N) is 1. The summed E-state index contributed by atoms with van der Waals surface area (Å²) in [5, 5.41) is 2.86. The number of amides is 1. The highest BCUT2D eigenvalue weighted by Crippen LogP contribution is 2.06. The van der Waals surface area contributed by atoms with Crippen molar-refractivity contribution in [2.45, 2.75) is 39.3 Å². The van der Waals surface area contributed by atoms with Gasteiger partial charge in [-0.1, -0.05) is 37.6 Å². The van der Waals surface area contributed by atoms with Crippen molar-refractivity contribution in [1.82, 2.24) is 5.32 Å². The normalized spacial score (nSPS) is 12.2. The van der Waals surface area contributed by atoms with E-state index >= 15 is 0 Å². The topological polar surface area (TPSA) is 55.1 Å². The highest BCUT2D eigenvalue weighted by molar-refractivity contribution is 5.81. The maximum atomic E-state index is 11.6. The summed E-state index contributed by atoms with van der Waals surface area (Å²) < 4.78 is 0. The molecule has 0 saturated carbocycles. The molecular weight excluding hydrogens is 200 g/mol. The number of aryl methyl sites for hydroxylation is 1. The van der Waals surface area contributed by atoms with Crippen molar-refractivity contribution in [3.8, 4) is 0 Å². The number of nitrogens with two attached hydrogens (primary N) is 1. The van der Waals surface area contributed by atoms with Gasteiger partial charge in [0, 0.05) is 6.54 Å². The number of benzene rings is 1. The minimum atomic E-state index is -0.381. The Morgan fingerprint density at radius 2 is 2.12 bits per heavy atom. The summed E-state index contributed by atoms with van der Waals surface area (Å²) in [5.74, 6) is -0.0647. The zero-order chi connectivity index (χ0) is 12.0. The molecule has 1 amide bonds. The number of carbonyl (C=O) groups excluding carboxylic acids is 1. The van der Waals surface area contributed by atoms with Gasteiger partial charge in [0.15, 0.2) is 0 Å². The van der Waals surface area contributed by atoms with Crippen LogP contribution >= 0.6 is 0 Å². The first-order valence-electron chi connectivity index (χ1n) is 5.73. The van der Waals surface area contributed by atoms with Gasteiger partial charge in [0.1, 0.15) is 0 Å². The largest absolute Gasteiger partial charge is 0.351 e. The molecule has 1 rings (SSSR count). The fourth-order valence-electron chi connectivity index (χ4n) is 1.56. The molecule has 0 fully saturated rings.